The second-order valence-electron chi connectivity index (χ2n) is 6.90. The number of ether oxygens (including phenoxy) is 1. The first-order valence-electron chi connectivity index (χ1n) is 8.64. The molecule has 7 heteroatoms. The number of hydrogen-bond donors (Lipinski definition) is 0. The molecule has 2 aromatic carbocycles. The number of hydrogen-bond acceptors (Lipinski definition) is 3. The van der Waals surface area contributed by atoms with Crippen LogP contribution in [0.3, 0.4) is 0 Å². The minimum absolute atomic E-state index is 0.0742. The fraction of sp³-hybridized carbons (Fsp3) is 0.300. The molecule has 2 heterocycles. The summed E-state index contributed by atoms with van der Waals surface area (Å²) in [6.45, 7) is 2.28. The van der Waals surface area contributed by atoms with Gasteiger partial charge in [0, 0.05) is 32.1 Å². The van der Waals surface area contributed by atoms with Crippen LogP contribution in [0, 0.1) is 11.6 Å². The molecule has 0 aromatic heterocycles. The Morgan fingerprint density at radius 3 is 2.56 bits per heavy atom. The highest BCUT2D eigenvalue weighted by Crippen LogP contribution is 2.35. The molecule has 2 amide bonds. The second kappa shape index (κ2) is 6.33. The summed E-state index contributed by atoms with van der Waals surface area (Å²) in [4.78, 5) is 27.8. The summed E-state index contributed by atoms with van der Waals surface area (Å²) in [5.74, 6) is -1.29. The number of rotatable bonds is 1. The maximum Gasteiger partial charge on any atom is 0.257 e. The summed E-state index contributed by atoms with van der Waals surface area (Å²) in [6.07, 6.45) is -0.364. The van der Waals surface area contributed by atoms with Crippen molar-refractivity contribution in [1.82, 2.24) is 9.80 Å². The lowest BCUT2D eigenvalue weighted by atomic mass is 10.0. The maximum absolute atomic E-state index is 14.1. The fourth-order valence-corrected chi connectivity index (χ4v) is 3.69. The van der Waals surface area contributed by atoms with E-state index in [1.165, 1.54) is 19.1 Å². The van der Waals surface area contributed by atoms with E-state index in [1.54, 1.807) is 35.0 Å². The molecule has 0 aliphatic carbocycles. The van der Waals surface area contributed by atoms with Crippen LogP contribution >= 0.6 is 0 Å². The summed E-state index contributed by atoms with van der Waals surface area (Å²) < 4.78 is 33.4. The molecule has 2 atom stereocenters. The van der Waals surface area contributed by atoms with E-state index in [0.29, 0.717) is 30.0 Å². The zero-order valence-corrected chi connectivity index (χ0v) is 14.9. The Morgan fingerprint density at radius 1 is 1.11 bits per heavy atom. The number of benzene rings is 2. The van der Waals surface area contributed by atoms with Crippen LogP contribution in [0.4, 0.5) is 8.78 Å². The molecule has 0 saturated carbocycles. The van der Waals surface area contributed by atoms with Gasteiger partial charge in [-0.2, -0.15) is 0 Å². The molecule has 4 rings (SSSR count). The fourth-order valence-electron chi connectivity index (χ4n) is 3.69. The van der Waals surface area contributed by atoms with Crippen LogP contribution < -0.4 is 4.74 Å². The van der Waals surface area contributed by atoms with Gasteiger partial charge >= 0.3 is 0 Å². The molecule has 1 saturated heterocycles. The number of amides is 2. The average molecular weight is 372 g/mol. The normalized spacial score (nSPS) is 21.4. The zero-order chi connectivity index (χ0) is 19.3. The van der Waals surface area contributed by atoms with E-state index < -0.39 is 11.6 Å². The molecule has 2 aromatic rings. The van der Waals surface area contributed by atoms with Crippen molar-refractivity contribution in [1.29, 1.82) is 0 Å². The van der Waals surface area contributed by atoms with Gasteiger partial charge in [-0.3, -0.25) is 9.59 Å². The van der Waals surface area contributed by atoms with Gasteiger partial charge in [0.15, 0.2) is 0 Å². The third kappa shape index (κ3) is 2.93. The molecule has 0 N–H and O–H groups in total. The van der Waals surface area contributed by atoms with Gasteiger partial charge in [-0.05, 0) is 29.8 Å². The highest BCUT2D eigenvalue weighted by atomic mass is 19.1. The molecular weight excluding hydrogens is 354 g/mol. The molecule has 0 spiro atoms. The Hall–Kier alpha value is -2.96. The average Bonchev–Trinajstić information content (AvgIpc) is 3.01. The van der Waals surface area contributed by atoms with Crippen LogP contribution in [0.5, 0.6) is 5.75 Å². The Morgan fingerprint density at radius 2 is 1.85 bits per heavy atom. The van der Waals surface area contributed by atoms with Crippen molar-refractivity contribution in [2.45, 2.75) is 19.1 Å². The second-order valence-corrected chi connectivity index (χ2v) is 6.90. The zero-order valence-electron chi connectivity index (χ0n) is 14.9. The van der Waals surface area contributed by atoms with Crippen molar-refractivity contribution < 1.29 is 23.1 Å². The molecule has 1 fully saturated rings. The van der Waals surface area contributed by atoms with E-state index in [9.17, 15) is 18.4 Å². The molecule has 2 aliphatic heterocycles. The lowest BCUT2D eigenvalue weighted by Crippen LogP contribution is -2.44. The predicted molar refractivity (Wildman–Crippen MR) is 94.3 cm³/mol. The van der Waals surface area contributed by atoms with Gasteiger partial charge in [0.2, 0.25) is 5.91 Å². The van der Waals surface area contributed by atoms with Crippen molar-refractivity contribution in [3.05, 3.63) is 53.6 Å². The summed E-state index contributed by atoms with van der Waals surface area (Å²) in [7, 11) is 1.69. The molecular formula is C20H18F2N2O3. The molecule has 140 valence electrons. The molecule has 0 unspecified atom stereocenters. The number of likely N-dealkylation sites (N-methyl/N-ethyl adjacent to an activating group) is 1. The van der Waals surface area contributed by atoms with E-state index in [1.807, 2.05) is 0 Å². The summed E-state index contributed by atoms with van der Waals surface area (Å²) in [5, 5.41) is 0. The van der Waals surface area contributed by atoms with Gasteiger partial charge in [-0.25, -0.2) is 8.78 Å². The van der Waals surface area contributed by atoms with E-state index >= 15 is 0 Å². The van der Waals surface area contributed by atoms with Gasteiger partial charge in [0.05, 0.1) is 18.2 Å². The van der Waals surface area contributed by atoms with Gasteiger partial charge < -0.3 is 14.5 Å². The highest BCUT2D eigenvalue weighted by Gasteiger charge is 2.43. The molecule has 2 aliphatic rings. The maximum atomic E-state index is 14.1. The Bertz CT molecular complexity index is 947. The SMILES string of the molecule is CC(=O)N1C[C@@H]2Oc3cc(-c4ccc(F)cc4F)ccc3C(=O)N(C)[C@@H]2C1. The first-order chi connectivity index (χ1) is 12.8. The van der Waals surface area contributed by atoms with Crippen LogP contribution in [0.15, 0.2) is 36.4 Å². The van der Waals surface area contributed by atoms with Crippen LogP contribution in [-0.4, -0.2) is 53.9 Å². The van der Waals surface area contributed by atoms with Gasteiger partial charge in [-0.15, -0.1) is 0 Å². The van der Waals surface area contributed by atoms with Crippen molar-refractivity contribution in [3.8, 4) is 16.9 Å². The van der Waals surface area contributed by atoms with Crippen molar-refractivity contribution >= 4 is 11.8 Å². The molecule has 0 radical (unpaired) electrons. The number of halogens is 2. The topological polar surface area (TPSA) is 49.9 Å². The summed E-state index contributed by atoms with van der Waals surface area (Å²) in [5.41, 5.74) is 1.09. The molecule has 0 bridgehead atoms. The molecule has 27 heavy (non-hydrogen) atoms. The van der Waals surface area contributed by atoms with E-state index in [4.69, 9.17) is 4.74 Å². The Labute approximate surface area is 155 Å². The van der Waals surface area contributed by atoms with E-state index in [-0.39, 0.29) is 29.5 Å². The number of carbonyl (C=O) groups excluding carboxylic acids is 2. The lowest BCUT2D eigenvalue weighted by Gasteiger charge is -2.24. The molecule has 5 nitrogen and oxygen atoms in total. The number of carbonyl (C=O) groups is 2. The smallest absolute Gasteiger partial charge is 0.257 e. The minimum Gasteiger partial charge on any atom is -0.485 e. The number of nitrogens with zero attached hydrogens (tertiary/aromatic N) is 2. The Balaban J connectivity index is 1.74. The minimum atomic E-state index is -0.687. The van der Waals surface area contributed by atoms with Crippen molar-refractivity contribution in [2.75, 3.05) is 20.1 Å². The van der Waals surface area contributed by atoms with Crippen LogP contribution in [-0.2, 0) is 4.79 Å². The van der Waals surface area contributed by atoms with Crippen molar-refractivity contribution in [3.63, 3.8) is 0 Å². The predicted octanol–water partition coefficient (Wildman–Crippen LogP) is 2.70. The van der Waals surface area contributed by atoms with Crippen LogP contribution in [0.2, 0.25) is 0 Å². The van der Waals surface area contributed by atoms with Crippen LogP contribution in [0.25, 0.3) is 11.1 Å². The highest BCUT2D eigenvalue weighted by molar-refractivity contribution is 5.98. The number of likely N-dealkylation sites (tertiary alicyclic amines) is 1. The van der Waals surface area contributed by atoms with Gasteiger partial charge in [-0.1, -0.05) is 6.07 Å². The first-order valence-corrected chi connectivity index (χ1v) is 8.64. The van der Waals surface area contributed by atoms with Crippen molar-refractivity contribution in [2.24, 2.45) is 0 Å². The standard InChI is InChI=1S/C20H18F2N2O3/c1-11(25)24-9-17-19(10-24)27-18-7-12(3-5-15(18)20(26)23(17)2)14-6-4-13(21)8-16(14)22/h3-8,17,19H,9-10H2,1-2H3/t17-,19+/m1/s1. The summed E-state index contributed by atoms with van der Waals surface area (Å²) >= 11 is 0. The summed E-state index contributed by atoms with van der Waals surface area (Å²) in [6, 6.07) is 7.91. The van der Waals surface area contributed by atoms with E-state index in [0.717, 1.165) is 6.07 Å². The quantitative estimate of drug-likeness (QED) is 0.773. The third-order valence-corrected chi connectivity index (χ3v) is 5.23. The van der Waals surface area contributed by atoms with Gasteiger partial charge in [0.25, 0.3) is 5.91 Å². The number of fused-ring (bicyclic) bond motifs is 2. The lowest BCUT2D eigenvalue weighted by molar-refractivity contribution is -0.128. The largest absolute Gasteiger partial charge is 0.485 e. The van der Waals surface area contributed by atoms with E-state index in [2.05, 4.69) is 0 Å². The van der Waals surface area contributed by atoms with Gasteiger partial charge in [0.1, 0.15) is 23.5 Å². The first kappa shape index (κ1) is 17.5. The third-order valence-electron chi connectivity index (χ3n) is 5.23. The van der Waals surface area contributed by atoms with Crippen LogP contribution in [0.1, 0.15) is 17.3 Å². The Kier molecular flexibility index (Phi) is 4.09. The monoisotopic (exact) mass is 372 g/mol.